The minimum absolute atomic E-state index is 0.122. The second kappa shape index (κ2) is 7.36. The van der Waals surface area contributed by atoms with Crippen LogP contribution in [-0.4, -0.2) is 14.3 Å². The Morgan fingerprint density at radius 1 is 1.25 bits per heavy atom. The predicted octanol–water partition coefficient (Wildman–Crippen LogP) is 3.58. The standard InChI is InChI=1S/C17H21NO4S2/c1-11(2)14-6-5-12(3)16(9-14)22-24(20,21)17-8-7-15(23-17)10-18-13(4)19/h5-9,11H,10H2,1-4H3,(H,18,19). The van der Waals surface area contributed by atoms with Crippen molar-refractivity contribution >= 4 is 27.4 Å². The molecule has 2 rings (SSSR count). The minimum atomic E-state index is -3.89. The summed E-state index contributed by atoms with van der Waals surface area (Å²) in [6, 6.07) is 8.77. The molecule has 1 N–H and O–H groups in total. The maximum Gasteiger partial charge on any atom is 0.348 e. The first-order valence-corrected chi connectivity index (χ1v) is 9.79. The maximum atomic E-state index is 12.5. The van der Waals surface area contributed by atoms with Crippen molar-refractivity contribution in [2.45, 2.75) is 44.4 Å². The first-order valence-electron chi connectivity index (χ1n) is 7.57. The van der Waals surface area contributed by atoms with Crippen molar-refractivity contribution in [3.8, 4) is 5.75 Å². The van der Waals surface area contributed by atoms with E-state index in [-0.39, 0.29) is 16.0 Å². The molecular weight excluding hydrogens is 346 g/mol. The fraction of sp³-hybridized carbons (Fsp3) is 0.353. The third kappa shape index (κ3) is 4.58. The monoisotopic (exact) mass is 367 g/mol. The lowest BCUT2D eigenvalue weighted by Gasteiger charge is -2.12. The lowest BCUT2D eigenvalue weighted by Crippen LogP contribution is -2.18. The summed E-state index contributed by atoms with van der Waals surface area (Å²) in [7, 11) is -3.89. The first kappa shape index (κ1) is 18.5. The highest BCUT2D eigenvalue weighted by Crippen LogP contribution is 2.29. The molecule has 2 aromatic rings. The molecule has 24 heavy (non-hydrogen) atoms. The molecule has 0 spiro atoms. The Morgan fingerprint density at radius 2 is 1.96 bits per heavy atom. The molecule has 1 heterocycles. The van der Waals surface area contributed by atoms with Crippen LogP contribution in [-0.2, 0) is 21.5 Å². The first-order chi connectivity index (χ1) is 11.2. The Bertz CT molecular complexity index is 838. The van der Waals surface area contributed by atoms with Gasteiger partial charge in [0.05, 0.1) is 6.54 Å². The lowest BCUT2D eigenvalue weighted by molar-refractivity contribution is -0.119. The minimum Gasteiger partial charge on any atom is -0.378 e. The van der Waals surface area contributed by atoms with Crippen molar-refractivity contribution in [3.05, 3.63) is 46.3 Å². The van der Waals surface area contributed by atoms with E-state index in [0.29, 0.717) is 12.3 Å². The van der Waals surface area contributed by atoms with Crippen LogP contribution in [0.4, 0.5) is 0 Å². The van der Waals surface area contributed by atoms with Crippen molar-refractivity contribution in [1.82, 2.24) is 5.32 Å². The summed E-state index contributed by atoms with van der Waals surface area (Å²) in [6.07, 6.45) is 0. The van der Waals surface area contributed by atoms with Gasteiger partial charge in [-0.1, -0.05) is 26.0 Å². The molecule has 0 aliphatic heterocycles. The Balaban J connectivity index is 2.22. The Kier molecular flexibility index (Phi) is 5.66. The second-order valence-corrected chi connectivity index (χ2v) is 8.79. The van der Waals surface area contributed by atoms with Crippen LogP contribution >= 0.6 is 11.3 Å². The third-order valence-electron chi connectivity index (χ3n) is 3.47. The predicted molar refractivity (Wildman–Crippen MR) is 94.9 cm³/mol. The molecular formula is C17H21NO4S2. The van der Waals surface area contributed by atoms with E-state index in [1.165, 1.54) is 13.0 Å². The van der Waals surface area contributed by atoms with Crippen LogP contribution in [0.25, 0.3) is 0 Å². The van der Waals surface area contributed by atoms with Crippen LogP contribution < -0.4 is 9.50 Å². The van der Waals surface area contributed by atoms with Gasteiger partial charge in [-0.25, -0.2) is 0 Å². The van der Waals surface area contributed by atoms with Crippen molar-refractivity contribution in [1.29, 1.82) is 0 Å². The molecule has 0 bridgehead atoms. The van der Waals surface area contributed by atoms with E-state index in [0.717, 1.165) is 27.3 Å². The average molecular weight is 367 g/mol. The number of carbonyl (C=O) groups is 1. The Morgan fingerprint density at radius 3 is 2.58 bits per heavy atom. The van der Waals surface area contributed by atoms with Gasteiger partial charge < -0.3 is 9.50 Å². The van der Waals surface area contributed by atoms with Crippen molar-refractivity contribution < 1.29 is 17.4 Å². The molecule has 1 aromatic carbocycles. The van der Waals surface area contributed by atoms with E-state index >= 15 is 0 Å². The molecule has 0 saturated heterocycles. The Hall–Kier alpha value is -1.86. The molecule has 0 fully saturated rings. The van der Waals surface area contributed by atoms with Gasteiger partial charge in [0.25, 0.3) is 0 Å². The van der Waals surface area contributed by atoms with Gasteiger partial charge >= 0.3 is 10.1 Å². The Labute approximate surface area is 146 Å². The van der Waals surface area contributed by atoms with E-state index in [1.54, 1.807) is 12.1 Å². The molecule has 0 aliphatic rings. The number of benzene rings is 1. The van der Waals surface area contributed by atoms with Gasteiger partial charge in [0.2, 0.25) is 5.91 Å². The quantitative estimate of drug-likeness (QED) is 0.792. The van der Waals surface area contributed by atoms with Crippen LogP contribution in [0.5, 0.6) is 5.75 Å². The normalized spacial score (nSPS) is 11.5. The van der Waals surface area contributed by atoms with E-state index in [2.05, 4.69) is 5.32 Å². The van der Waals surface area contributed by atoms with Crippen LogP contribution in [0.2, 0.25) is 0 Å². The highest BCUT2D eigenvalue weighted by atomic mass is 32.3. The van der Waals surface area contributed by atoms with Gasteiger partial charge in [-0.3, -0.25) is 4.79 Å². The average Bonchev–Trinajstić information content (AvgIpc) is 2.97. The van der Waals surface area contributed by atoms with E-state index < -0.39 is 10.1 Å². The van der Waals surface area contributed by atoms with Gasteiger partial charge in [0.1, 0.15) is 5.75 Å². The zero-order valence-corrected chi connectivity index (χ0v) is 15.8. The van der Waals surface area contributed by atoms with Crippen molar-refractivity contribution in [2.24, 2.45) is 0 Å². The molecule has 1 aromatic heterocycles. The summed E-state index contributed by atoms with van der Waals surface area (Å²) in [5.74, 6) is 0.463. The number of hydrogen-bond acceptors (Lipinski definition) is 5. The van der Waals surface area contributed by atoms with Crippen LogP contribution in [0.1, 0.15) is 42.7 Å². The number of rotatable bonds is 6. The number of thiophene rings is 1. The second-order valence-electron chi connectivity index (χ2n) is 5.85. The van der Waals surface area contributed by atoms with E-state index in [1.807, 2.05) is 32.9 Å². The van der Waals surface area contributed by atoms with Crippen LogP contribution in [0.15, 0.2) is 34.5 Å². The molecule has 0 radical (unpaired) electrons. The SMILES string of the molecule is CC(=O)NCc1ccc(S(=O)(=O)Oc2cc(C(C)C)ccc2C)s1. The topological polar surface area (TPSA) is 72.5 Å². The summed E-state index contributed by atoms with van der Waals surface area (Å²) in [6.45, 7) is 7.61. The van der Waals surface area contributed by atoms with Gasteiger partial charge in [-0.2, -0.15) is 8.42 Å². The summed E-state index contributed by atoms with van der Waals surface area (Å²) < 4.78 is 30.4. The molecule has 0 unspecified atom stereocenters. The molecule has 130 valence electrons. The number of amides is 1. The smallest absolute Gasteiger partial charge is 0.348 e. The maximum absolute atomic E-state index is 12.5. The van der Waals surface area contributed by atoms with E-state index in [4.69, 9.17) is 4.18 Å². The van der Waals surface area contributed by atoms with Gasteiger partial charge in [0.15, 0.2) is 4.21 Å². The van der Waals surface area contributed by atoms with Gasteiger partial charge in [-0.05, 0) is 42.2 Å². The number of nitrogens with one attached hydrogen (secondary N) is 1. The highest BCUT2D eigenvalue weighted by molar-refractivity contribution is 7.89. The van der Waals surface area contributed by atoms with E-state index in [9.17, 15) is 13.2 Å². The molecule has 0 saturated carbocycles. The summed E-state index contributed by atoms with van der Waals surface area (Å²) in [5, 5.41) is 2.64. The van der Waals surface area contributed by atoms with Gasteiger partial charge in [0, 0.05) is 11.8 Å². The van der Waals surface area contributed by atoms with Gasteiger partial charge in [-0.15, -0.1) is 11.3 Å². The zero-order chi connectivity index (χ0) is 17.9. The zero-order valence-electron chi connectivity index (χ0n) is 14.1. The van der Waals surface area contributed by atoms with Crippen molar-refractivity contribution in [2.75, 3.05) is 0 Å². The molecule has 5 nitrogen and oxygen atoms in total. The summed E-state index contributed by atoms with van der Waals surface area (Å²) in [5.41, 5.74) is 1.78. The lowest BCUT2D eigenvalue weighted by atomic mass is 10.0. The van der Waals surface area contributed by atoms with Crippen molar-refractivity contribution in [3.63, 3.8) is 0 Å². The van der Waals surface area contributed by atoms with Crippen LogP contribution in [0, 0.1) is 6.92 Å². The number of hydrogen-bond donors (Lipinski definition) is 1. The van der Waals surface area contributed by atoms with Crippen LogP contribution in [0.3, 0.4) is 0 Å². The highest BCUT2D eigenvalue weighted by Gasteiger charge is 2.21. The summed E-state index contributed by atoms with van der Waals surface area (Å²) >= 11 is 1.09. The molecule has 0 atom stereocenters. The molecule has 1 amide bonds. The fourth-order valence-electron chi connectivity index (χ4n) is 2.02. The fourth-order valence-corrected chi connectivity index (χ4v) is 4.26. The molecule has 7 heteroatoms. The summed E-state index contributed by atoms with van der Waals surface area (Å²) in [4.78, 5) is 11.7. The largest absolute Gasteiger partial charge is 0.378 e. The number of carbonyl (C=O) groups excluding carboxylic acids is 1. The molecule has 0 aliphatic carbocycles. The number of aryl methyl sites for hydroxylation is 1. The third-order valence-corrected chi connectivity index (χ3v) is 6.24.